The fourth-order valence-corrected chi connectivity index (χ4v) is 0.860. The Bertz CT molecular complexity index is 246. The summed E-state index contributed by atoms with van der Waals surface area (Å²) in [5.41, 5.74) is -0.654. The van der Waals surface area contributed by atoms with Gasteiger partial charge in [-0.25, -0.2) is 9.59 Å². The molecule has 0 aliphatic heterocycles. The number of aliphatic carboxylic acids is 1. The molecular formula is C10H19NO5. The van der Waals surface area contributed by atoms with Crippen LogP contribution in [0.3, 0.4) is 0 Å². The summed E-state index contributed by atoms with van der Waals surface area (Å²) in [6, 6.07) is -1.09. The minimum absolute atomic E-state index is 0.0783. The zero-order valence-corrected chi connectivity index (χ0v) is 10.1. The minimum Gasteiger partial charge on any atom is -0.480 e. The monoisotopic (exact) mass is 233 g/mol. The van der Waals surface area contributed by atoms with E-state index in [1.807, 2.05) is 0 Å². The molecule has 16 heavy (non-hydrogen) atoms. The number of rotatable bonds is 5. The van der Waals surface area contributed by atoms with Crippen molar-refractivity contribution >= 4 is 12.1 Å². The molecule has 1 amide bonds. The Kier molecular flexibility index (Phi) is 5.81. The van der Waals surface area contributed by atoms with E-state index in [0.29, 0.717) is 6.61 Å². The van der Waals surface area contributed by atoms with E-state index in [1.165, 1.54) is 0 Å². The van der Waals surface area contributed by atoms with Gasteiger partial charge < -0.3 is 19.9 Å². The second kappa shape index (κ2) is 6.32. The van der Waals surface area contributed by atoms with Crippen molar-refractivity contribution < 1.29 is 24.2 Å². The SMILES string of the molecule is CCOCC(NC(=O)OC(C)(C)C)C(=O)O. The Morgan fingerprint density at radius 2 is 1.94 bits per heavy atom. The summed E-state index contributed by atoms with van der Waals surface area (Å²) in [5.74, 6) is -1.15. The molecule has 0 saturated carbocycles. The molecule has 0 aliphatic rings. The van der Waals surface area contributed by atoms with E-state index >= 15 is 0 Å². The maximum atomic E-state index is 11.3. The second-order valence-corrected chi connectivity index (χ2v) is 4.20. The molecule has 0 heterocycles. The Morgan fingerprint density at radius 3 is 2.31 bits per heavy atom. The van der Waals surface area contributed by atoms with Gasteiger partial charge in [0.1, 0.15) is 5.60 Å². The Hall–Kier alpha value is -1.30. The summed E-state index contributed by atoms with van der Waals surface area (Å²) in [4.78, 5) is 22.0. The van der Waals surface area contributed by atoms with Gasteiger partial charge in [-0.2, -0.15) is 0 Å². The average Bonchev–Trinajstić information content (AvgIpc) is 2.08. The van der Waals surface area contributed by atoms with Crippen LogP contribution in [-0.4, -0.2) is 42.0 Å². The first kappa shape index (κ1) is 14.7. The second-order valence-electron chi connectivity index (χ2n) is 4.20. The van der Waals surface area contributed by atoms with E-state index in [-0.39, 0.29) is 6.61 Å². The highest BCUT2D eigenvalue weighted by molar-refractivity contribution is 5.80. The number of carbonyl (C=O) groups is 2. The number of hydrogen-bond acceptors (Lipinski definition) is 4. The number of hydrogen-bond donors (Lipinski definition) is 2. The van der Waals surface area contributed by atoms with Gasteiger partial charge in [-0.15, -0.1) is 0 Å². The van der Waals surface area contributed by atoms with Crippen LogP contribution >= 0.6 is 0 Å². The molecule has 0 aromatic carbocycles. The third-order valence-electron chi connectivity index (χ3n) is 1.48. The number of nitrogens with one attached hydrogen (secondary N) is 1. The molecule has 0 bridgehead atoms. The third kappa shape index (κ3) is 7.05. The summed E-state index contributed by atoms with van der Waals surface area (Å²) in [5, 5.41) is 11.0. The third-order valence-corrected chi connectivity index (χ3v) is 1.48. The highest BCUT2D eigenvalue weighted by Gasteiger charge is 2.23. The van der Waals surface area contributed by atoms with Gasteiger partial charge >= 0.3 is 12.1 Å². The van der Waals surface area contributed by atoms with E-state index in [2.05, 4.69) is 5.32 Å². The van der Waals surface area contributed by atoms with Crippen molar-refractivity contribution in [3.05, 3.63) is 0 Å². The van der Waals surface area contributed by atoms with E-state index in [4.69, 9.17) is 14.6 Å². The Labute approximate surface area is 94.9 Å². The van der Waals surface area contributed by atoms with Crippen molar-refractivity contribution in [2.45, 2.75) is 39.3 Å². The zero-order valence-electron chi connectivity index (χ0n) is 10.1. The number of ether oxygens (including phenoxy) is 2. The van der Waals surface area contributed by atoms with Gasteiger partial charge in [-0.1, -0.05) is 0 Å². The van der Waals surface area contributed by atoms with Crippen LogP contribution in [-0.2, 0) is 14.3 Å². The van der Waals surface area contributed by atoms with Crippen LogP contribution in [0.25, 0.3) is 0 Å². The molecule has 6 nitrogen and oxygen atoms in total. The molecule has 0 radical (unpaired) electrons. The standard InChI is InChI=1S/C10H19NO5/c1-5-15-6-7(8(12)13)11-9(14)16-10(2,3)4/h7H,5-6H2,1-4H3,(H,11,14)(H,12,13). The van der Waals surface area contributed by atoms with Gasteiger partial charge in [0.25, 0.3) is 0 Å². The van der Waals surface area contributed by atoms with Crippen LogP contribution in [0.5, 0.6) is 0 Å². The summed E-state index contributed by atoms with van der Waals surface area (Å²) >= 11 is 0. The molecule has 0 aromatic heterocycles. The van der Waals surface area contributed by atoms with Crippen LogP contribution in [0, 0.1) is 0 Å². The van der Waals surface area contributed by atoms with Crippen LogP contribution in [0.2, 0.25) is 0 Å². The highest BCUT2D eigenvalue weighted by atomic mass is 16.6. The predicted octanol–water partition coefficient (Wildman–Crippen LogP) is 1.00. The molecule has 0 aliphatic carbocycles. The molecule has 0 spiro atoms. The molecule has 0 fully saturated rings. The van der Waals surface area contributed by atoms with Gasteiger partial charge in [-0.05, 0) is 27.7 Å². The first-order chi connectivity index (χ1) is 7.26. The van der Waals surface area contributed by atoms with Crippen molar-refractivity contribution in [2.24, 2.45) is 0 Å². The van der Waals surface area contributed by atoms with Crippen molar-refractivity contribution in [1.82, 2.24) is 5.32 Å². The molecule has 94 valence electrons. The number of alkyl carbamates (subject to hydrolysis) is 1. The maximum absolute atomic E-state index is 11.3. The summed E-state index contributed by atoms with van der Waals surface area (Å²) in [6.45, 7) is 7.15. The largest absolute Gasteiger partial charge is 0.480 e. The van der Waals surface area contributed by atoms with E-state index in [1.54, 1.807) is 27.7 Å². The normalized spacial score (nSPS) is 13.0. The van der Waals surface area contributed by atoms with Crippen LogP contribution in [0.1, 0.15) is 27.7 Å². The average molecular weight is 233 g/mol. The summed E-state index contributed by atoms with van der Waals surface area (Å²) < 4.78 is 9.87. The minimum atomic E-state index is -1.15. The number of carboxylic acid groups (broad SMARTS) is 1. The zero-order chi connectivity index (χ0) is 12.8. The topological polar surface area (TPSA) is 84.9 Å². The highest BCUT2D eigenvalue weighted by Crippen LogP contribution is 2.06. The van der Waals surface area contributed by atoms with Crippen LogP contribution in [0.4, 0.5) is 4.79 Å². The molecule has 0 aromatic rings. The molecule has 0 saturated heterocycles. The van der Waals surface area contributed by atoms with Crippen LogP contribution < -0.4 is 5.32 Å². The lowest BCUT2D eigenvalue weighted by molar-refractivity contribution is -0.141. The Balaban J connectivity index is 4.19. The van der Waals surface area contributed by atoms with E-state index in [0.717, 1.165) is 0 Å². The number of carbonyl (C=O) groups excluding carboxylic acids is 1. The van der Waals surface area contributed by atoms with E-state index < -0.39 is 23.7 Å². The fraction of sp³-hybridized carbons (Fsp3) is 0.800. The van der Waals surface area contributed by atoms with Crippen molar-refractivity contribution in [1.29, 1.82) is 0 Å². The molecule has 1 atom stereocenters. The number of amides is 1. The van der Waals surface area contributed by atoms with Crippen molar-refractivity contribution in [3.63, 3.8) is 0 Å². The van der Waals surface area contributed by atoms with Gasteiger partial charge in [0.05, 0.1) is 6.61 Å². The molecule has 2 N–H and O–H groups in total. The molecule has 0 rings (SSSR count). The summed E-state index contributed by atoms with van der Waals surface area (Å²) in [6.07, 6.45) is -0.764. The predicted molar refractivity (Wildman–Crippen MR) is 57.3 cm³/mol. The fourth-order valence-electron chi connectivity index (χ4n) is 0.860. The lowest BCUT2D eigenvalue weighted by atomic mass is 10.2. The van der Waals surface area contributed by atoms with Gasteiger partial charge in [0, 0.05) is 6.61 Å². The van der Waals surface area contributed by atoms with Crippen molar-refractivity contribution in [3.8, 4) is 0 Å². The van der Waals surface area contributed by atoms with Gasteiger partial charge in [0.2, 0.25) is 0 Å². The quantitative estimate of drug-likeness (QED) is 0.740. The Morgan fingerprint density at radius 1 is 1.38 bits per heavy atom. The maximum Gasteiger partial charge on any atom is 0.408 e. The summed E-state index contributed by atoms with van der Waals surface area (Å²) in [7, 11) is 0. The lowest BCUT2D eigenvalue weighted by Crippen LogP contribution is -2.46. The van der Waals surface area contributed by atoms with Gasteiger partial charge in [0.15, 0.2) is 6.04 Å². The van der Waals surface area contributed by atoms with Crippen molar-refractivity contribution in [2.75, 3.05) is 13.2 Å². The first-order valence-corrected chi connectivity index (χ1v) is 5.06. The molecular weight excluding hydrogens is 214 g/mol. The van der Waals surface area contributed by atoms with Gasteiger partial charge in [-0.3, -0.25) is 0 Å². The first-order valence-electron chi connectivity index (χ1n) is 5.06. The smallest absolute Gasteiger partial charge is 0.408 e. The lowest BCUT2D eigenvalue weighted by Gasteiger charge is -2.21. The van der Waals surface area contributed by atoms with Crippen LogP contribution in [0.15, 0.2) is 0 Å². The molecule has 1 unspecified atom stereocenters. The molecule has 6 heteroatoms. The van der Waals surface area contributed by atoms with E-state index in [9.17, 15) is 9.59 Å². The number of carboxylic acids is 1.